The van der Waals surface area contributed by atoms with Crippen LogP contribution in [0, 0.1) is 11.8 Å². The molecule has 4 aliphatic carbocycles. The number of nitrogens with two attached hydrogens (primary N) is 1. The number of fused-ring (bicyclic) bond motifs is 4. The molecule has 6 N–H and O–H groups in total. The number of carbonyl (C=O) groups excluding carboxylic acids is 3. The second kappa shape index (κ2) is 8.53. The van der Waals surface area contributed by atoms with Gasteiger partial charge in [-0.05, 0) is 86.0 Å². The van der Waals surface area contributed by atoms with Crippen LogP contribution in [-0.4, -0.2) is 68.5 Å². The van der Waals surface area contributed by atoms with Gasteiger partial charge in [-0.1, -0.05) is 24.3 Å². The topological polar surface area (TPSA) is 161 Å². The summed E-state index contributed by atoms with van der Waals surface area (Å²) < 4.78 is 0. The molecular weight excluding hydrogens is 500 g/mol. The van der Waals surface area contributed by atoms with Crippen molar-refractivity contribution >= 4 is 17.5 Å². The molecule has 202 valence electrons. The van der Waals surface area contributed by atoms with Gasteiger partial charge in [-0.2, -0.15) is 0 Å². The van der Waals surface area contributed by atoms with Crippen LogP contribution < -0.4 is 5.73 Å². The summed E-state index contributed by atoms with van der Waals surface area (Å²) in [6.07, 6.45) is 3.43. The summed E-state index contributed by atoms with van der Waals surface area (Å²) in [5, 5.41) is 44.8. The van der Waals surface area contributed by atoms with Crippen LogP contribution in [0.2, 0.25) is 0 Å². The van der Waals surface area contributed by atoms with E-state index in [9.17, 15) is 34.8 Å². The number of aromatic hydroxyl groups is 1. The lowest BCUT2D eigenvalue weighted by atomic mass is 9.58. The van der Waals surface area contributed by atoms with Gasteiger partial charge in [0.05, 0.1) is 11.6 Å². The standard InChI is InChI=1S/C30H30N2O7/c1-32(2)24-19-12-16-11-18-17(15-7-6-13-4-3-5-14(13)10-15)8-9-20(33)22(18)25(34)21(16)27(36)30(19,39)28(37)23(26(24)35)29(31)38/h6-10,16,19,24,33,35-36,39H,3-5,11-12H2,1-2H3,(H2,31,38). The van der Waals surface area contributed by atoms with Crippen molar-refractivity contribution in [2.45, 2.75) is 43.7 Å². The third-order valence-electron chi connectivity index (χ3n) is 9.02. The highest BCUT2D eigenvalue weighted by Gasteiger charge is 2.63. The molecule has 9 heteroatoms. The molecule has 2 aromatic carbocycles. The van der Waals surface area contributed by atoms with Crippen LogP contribution in [0.25, 0.3) is 11.1 Å². The molecule has 6 rings (SSSR count). The molecule has 4 atom stereocenters. The number of aliphatic hydroxyl groups is 3. The summed E-state index contributed by atoms with van der Waals surface area (Å²) in [7, 11) is 3.22. The molecule has 4 unspecified atom stereocenters. The predicted molar refractivity (Wildman–Crippen MR) is 141 cm³/mol. The highest BCUT2D eigenvalue weighted by molar-refractivity contribution is 6.24. The number of hydrogen-bond acceptors (Lipinski definition) is 8. The molecule has 2 aromatic rings. The van der Waals surface area contributed by atoms with E-state index in [1.807, 2.05) is 6.07 Å². The molecule has 0 fully saturated rings. The minimum absolute atomic E-state index is 0.0220. The summed E-state index contributed by atoms with van der Waals surface area (Å²) in [6, 6.07) is 8.44. The molecule has 0 radical (unpaired) electrons. The maximum atomic E-state index is 13.9. The Morgan fingerprint density at radius 1 is 1.05 bits per heavy atom. The number of primary amides is 1. The van der Waals surface area contributed by atoms with Crippen molar-refractivity contribution in [2.75, 3.05) is 14.1 Å². The average molecular weight is 531 g/mol. The van der Waals surface area contributed by atoms with Gasteiger partial charge in [-0.15, -0.1) is 0 Å². The highest BCUT2D eigenvalue weighted by atomic mass is 16.3. The van der Waals surface area contributed by atoms with Crippen molar-refractivity contribution in [3.8, 4) is 16.9 Å². The van der Waals surface area contributed by atoms with E-state index in [-0.39, 0.29) is 29.7 Å². The maximum absolute atomic E-state index is 13.9. The van der Waals surface area contributed by atoms with Gasteiger partial charge >= 0.3 is 0 Å². The Bertz CT molecular complexity index is 1550. The number of likely N-dealkylation sites (N-methyl/N-ethyl adjacent to an activating group) is 1. The Labute approximate surface area is 224 Å². The van der Waals surface area contributed by atoms with E-state index in [4.69, 9.17) is 5.73 Å². The predicted octanol–water partition coefficient (Wildman–Crippen LogP) is 2.28. The molecule has 0 heterocycles. The van der Waals surface area contributed by atoms with Gasteiger partial charge in [0.2, 0.25) is 5.78 Å². The number of nitrogens with zero attached hydrogens (tertiary/aromatic N) is 1. The van der Waals surface area contributed by atoms with E-state index < -0.39 is 58.0 Å². The lowest BCUT2D eigenvalue weighted by molar-refractivity contribution is -0.148. The number of aliphatic hydroxyl groups excluding tert-OH is 2. The first-order valence-electron chi connectivity index (χ1n) is 13.1. The fourth-order valence-corrected chi connectivity index (χ4v) is 7.26. The van der Waals surface area contributed by atoms with Crippen LogP contribution >= 0.6 is 0 Å². The number of allylic oxidation sites excluding steroid dienone is 1. The maximum Gasteiger partial charge on any atom is 0.255 e. The number of Topliss-reactive ketones (excluding diaryl/α,β-unsaturated/α-hetero) is 2. The highest BCUT2D eigenvalue weighted by Crippen LogP contribution is 2.53. The number of rotatable bonds is 3. The monoisotopic (exact) mass is 530 g/mol. The molecule has 0 aromatic heterocycles. The van der Waals surface area contributed by atoms with E-state index in [0.717, 1.165) is 30.4 Å². The Hall–Kier alpha value is -3.95. The van der Waals surface area contributed by atoms with E-state index in [0.29, 0.717) is 5.56 Å². The van der Waals surface area contributed by atoms with Crippen molar-refractivity contribution in [3.05, 3.63) is 75.3 Å². The molecule has 0 saturated heterocycles. The molecule has 4 aliphatic rings. The van der Waals surface area contributed by atoms with Crippen LogP contribution in [0.3, 0.4) is 0 Å². The second-order valence-corrected chi connectivity index (χ2v) is 11.3. The van der Waals surface area contributed by atoms with E-state index in [1.165, 1.54) is 17.2 Å². The van der Waals surface area contributed by atoms with Crippen molar-refractivity contribution in [3.63, 3.8) is 0 Å². The first-order valence-corrected chi connectivity index (χ1v) is 13.1. The Kier molecular flexibility index (Phi) is 5.54. The van der Waals surface area contributed by atoms with Crippen molar-refractivity contribution in [1.82, 2.24) is 4.90 Å². The molecule has 39 heavy (non-hydrogen) atoms. The number of benzene rings is 2. The fraction of sp³-hybridized carbons (Fsp3) is 0.367. The number of ketones is 2. The SMILES string of the molecule is CN(C)C1C(O)=C(C(N)=O)C(=O)C2(O)C(O)=C3C(=O)c4c(O)ccc(-c5ccc6c(c5)CCC6)c4CC3CC12. The molecule has 1 amide bonds. The zero-order valence-electron chi connectivity index (χ0n) is 21.7. The lowest BCUT2D eigenvalue weighted by Gasteiger charge is -2.50. The van der Waals surface area contributed by atoms with E-state index in [1.54, 1.807) is 25.1 Å². The smallest absolute Gasteiger partial charge is 0.255 e. The summed E-state index contributed by atoms with van der Waals surface area (Å²) in [5.41, 5.74) is 6.72. The Morgan fingerprint density at radius 3 is 2.46 bits per heavy atom. The molecule has 0 spiro atoms. The number of aryl methyl sites for hydroxylation is 2. The summed E-state index contributed by atoms with van der Waals surface area (Å²) in [5.74, 6) is -6.52. The van der Waals surface area contributed by atoms with Crippen molar-refractivity contribution in [2.24, 2.45) is 17.6 Å². The number of hydrogen-bond donors (Lipinski definition) is 5. The average Bonchev–Trinajstić information content (AvgIpc) is 3.34. The van der Waals surface area contributed by atoms with E-state index in [2.05, 4.69) is 12.1 Å². The van der Waals surface area contributed by atoms with Gasteiger partial charge in [0.15, 0.2) is 11.4 Å². The zero-order valence-corrected chi connectivity index (χ0v) is 21.7. The molecule has 9 nitrogen and oxygen atoms in total. The van der Waals surface area contributed by atoms with Crippen molar-refractivity contribution < 1.29 is 34.8 Å². The van der Waals surface area contributed by atoms with Crippen LogP contribution in [0.1, 0.15) is 39.9 Å². The minimum Gasteiger partial charge on any atom is -0.510 e. The third-order valence-corrected chi connectivity index (χ3v) is 9.02. The number of amides is 1. The van der Waals surface area contributed by atoms with Gasteiger partial charge in [-0.25, -0.2) is 0 Å². The van der Waals surface area contributed by atoms with Crippen molar-refractivity contribution in [1.29, 1.82) is 0 Å². The Balaban J connectivity index is 1.53. The van der Waals surface area contributed by atoms with Crippen LogP contribution in [0.5, 0.6) is 5.75 Å². The van der Waals surface area contributed by atoms with Gasteiger partial charge in [-0.3, -0.25) is 19.3 Å². The van der Waals surface area contributed by atoms with Gasteiger partial charge in [0.1, 0.15) is 22.8 Å². The zero-order chi connectivity index (χ0) is 28.0. The van der Waals surface area contributed by atoms with Crippen LogP contribution in [0.4, 0.5) is 0 Å². The first-order chi connectivity index (χ1) is 18.5. The first kappa shape index (κ1) is 25.3. The number of phenolic OH excluding ortho intramolecular Hbond substituents is 1. The molecular formula is C30H30N2O7. The molecule has 0 bridgehead atoms. The molecule has 0 saturated carbocycles. The minimum atomic E-state index is -2.64. The van der Waals surface area contributed by atoms with Gasteiger partial charge in [0, 0.05) is 11.5 Å². The van der Waals surface area contributed by atoms with Gasteiger partial charge < -0.3 is 26.2 Å². The van der Waals surface area contributed by atoms with Crippen LogP contribution in [0.15, 0.2) is 53.0 Å². The largest absolute Gasteiger partial charge is 0.510 e. The summed E-state index contributed by atoms with van der Waals surface area (Å²) in [4.78, 5) is 41.0. The Morgan fingerprint density at radius 2 is 1.77 bits per heavy atom. The number of phenols is 1. The van der Waals surface area contributed by atoms with Gasteiger partial charge in [0.25, 0.3) is 5.91 Å². The second-order valence-electron chi connectivity index (χ2n) is 11.3. The lowest BCUT2D eigenvalue weighted by Crippen LogP contribution is -2.63. The quantitative estimate of drug-likeness (QED) is 0.378. The fourth-order valence-electron chi connectivity index (χ4n) is 7.26. The van der Waals surface area contributed by atoms with E-state index >= 15 is 0 Å². The number of carbonyl (C=O) groups is 3. The normalized spacial score (nSPS) is 27.8. The molecule has 0 aliphatic heterocycles. The summed E-state index contributed by atoms with van der Waals surface area (Å²) in [6.45, 7) is 0. The summed E-state index contributed by atoms with van der Waals surface area (Å²) >= 11 is 0. The third kappa shape index (κ3) is 3.36. The van der Waals surface area contributed by atoms with Crippen LogP contribution in [-0.2, 0) is 28.9 Å².